The van der Waals surface area contributed by atoms with Gasteiger partial charge in [0.05, 0.1) is 6.42 Å². The normalized spacial score (nSPS) is 31.2. The van der Waals surface area contributed by atoms with Crippen molar-refractivity contribution in [3.8, 4) is 0 Å². The topological polar surface area (TPSA) is 46.6 Å². The number of hydrogen-bond donors (Lipinski definition) is 0. The van der Waals surface area contributed by atoms with Gasteiger partial charge in [-0.2, -0.15) is 0 Å². The minimum atomic E-state index is -2.70. The molecule has 1 saturated carbocycles. The van der Waals surface area contributed by atoms with E-state index in [0.29, 0.717) is 13.0 Å². The van der Waals surface area contributed by atoms with E-state index in [-0.39, 0.29) is 18.6 Å². The molecule has 2 atom stereocenters. The summed E-state index contributed by atoms with van der Waals surface area (Å²) in [6, 6.07) is -0.404. The summed E-state index contributed by atoms with van der Waals surface area (Å²) in [4.78, 5) is 27.6. The van der Waals surface area contributed by atoms with Crippen LogP contribution < -0.4 is 0 Å². The van der Waals surface area contributed by atoms with Gasteiger partial charge in [0.1, 0.15) is 11.8 Å². The number of rotatable bonds is 4. The quantitative estimate of drug-likeness (QED) is 0.756. The number of hydrogen-bond acceptors (Lipinski definition) is 4. The van der Waals surface area contributed by atoms with Gasteiger partial charge in [-0.15, -0.1) is 5.06 Å². The van der Waals surface area contributed by atoms with Gasteiger partial charge in [-0.05, 0) is 19.8 Å². The Labute approximate surface area is 97.9 Å². The van der Waals surface area contributed by atoms with Crippen molar-refractivity contribution in [3.63, 3.8) is 0 Å². The van der Waals surface area contributed by atoms with Gasteiger partial charge in [0.25, 0.3) is 5.92 Å². The molecule has 0 amide bonds. The van der Waals surface area contributed by atoms with Gasteiger partial charge in [-0.1, -0.05) is 0 Å². The smallest absolute Gasteiger partial charge is 0.325 e. The highest BCUT2D eigenvalue weighted by Gasteiger charge is 2.57. The Morgan fingerprint density at radius 1 is 1.47 bits per heavy atom. The third-order valence-electron chi connectivity index (χ3n) is 3.26. The summed E-state index contributed by atoms with van der Waals surface area (Å²) in [6.07, 6.45) is 0.922. The molecule has 1 heterocycles. The first-order chi connectivity index (χ1) is 7.90. The van der Waals surface area contributed by atoms with Gasteiger partial charge in [0, 0.05) is 18.9 Å². The molecule has 0 aromatic heterocycles. The second-order valence-corrected chi connectivity index (χ2v) is 4.74. The molecule has 0 aromatic rings. The first-order valence-corrected chi connectivity index (χ1v) is 5.76. The lowest BCUT2D eigenvalue weighted by atomic mass is 10.2. The van der Waals surface area contributed by atoms with Gasteiger partial charge in [0.15, 0.2) is 0 Å². The summed E-state index contributed by atoms with van der Waals surface area (Å²) in [5.74, 6) is -4.31. The first-order valence-electron chi connectivity index (χ1n) is 5.76. The predicted octanol–water partition coefficient (Wildman–Crippen LogP) is 1.54. The van der Waals surface area contributed by atoms with Crippen LogP contribution in [-0.2, 0) is 14.4 Å². The van der Waals surface area contributed by atoms with Crippen molar-refractivity contribution in [3.05, 3.63) is 0 Å². The number of carbonyl (C=O) groups is 2. The van der Waals surface area contributed by atoms with Crippen LogP contribution in [0.15, 0.2) is 0 Å². The zero-order chi connectivity index (χ0) is 12.6. The van der Waals surface area contributed by atoms with Crippen molar-refractivity contribution in [2.75, 3.05) is 6.54 Å². The van der Waals surface area contributed by atoms with Crippen LogP contribution in [0.4, 0.5) is 8.78 Å². The molecular weight excluding hydrogens is 232 g/mol. The second kappa shape index (κ2) is 4.33. The fraction of sp³-hybridized carbons (Fsp3) is 0.818. The fourth-order valence-corrected chi connectivity index (χ4v) is 2.12. The summed E-state index contributed by atoms with van der Waals surface area (Å²) in [6.45, 7) is 1.93. The molecule has 0 aromatic carbocycles. The van der Waals surface area contributed by atoms with Crippen LogP contribution in [0, 0.1) is 5.92 Å². The summed E-state index contributed by atoms with van der Waals surface area (Å²) in [5.41, 5.74) is 0. The van der Waals surface area contributed by atoms with E-state index in [9.17, 15) is 18.4 Å². The third-order valence-corrected chi connectivity index (χ3v) is 3.26. The van der Waals surface area contributed by atoms with Crippen LogP contribution in [0.3, 0.4) is 0 Å². The molecule has 2 unspecified atom stereocenters. The minimum absolute atomic E-state index is 0.0629. The molecule has 0 bridgehead atoms. The Balaban J connectivity index is 1.80. The summed E-state index contributed by atoms with van der Waals surface area (Å²) in [7, 11) is 0. The van der Waals surface area contributed by atoms with E-state index in [0.717, 1.165) is 6.42 Å². The van der Waals surface area contributed by atoms with Crippen molar-refractivity contribution in [2.45, 2.75) is 44.6 Å². The Morgan fingerprint density at radius 3 is 2.65 bits per heavy atom. The first kappa shape index (κ1) is 12.4. The van der Waals surface area contributed by atoms with E-state index in [1.807, 2.05) is 0 Å². The lowest BCUT2D eigenvalue weighted by molar-refractivity contribution is -0.195. The lowest BCUT2D eigenvalue weighted by Gasteiger charge is -2.20. The van der Waals surface area contributed by atoms with Crippen LogP contribution in [0.1, 0.15) is 32.6 Å². The maximum absolute atomic E-state index is 12.6. The molecule has 96 valence electrons. The predicted molar refractivity (Wildman–Crippen MR) is 54.2 cm³/mol. The maximum Gasteiger partial charge on any atom is 0.325 e. The average molecular weight is 247 g/mol. The molecule has 2 aliphatic rings. The van der Waals surface area contributed by atoms with E-state index >= 15 is 0 Å². The monoisotopic (exact) mass is 247 g/mol. The summed E-state index contributed by atoms with van der Waals surface area (Å²) in [5, 5.41) is 1.32. The maximum atomic E-state index is 12.6. The molecule has 0 radical (unpaired) electrons. The van der Waals surface area contributed by atoms with Crippen molar-refractivity contribution in [1.29, 1.82) is 0 Å². The highest BCUT2D eigenvalue weighted by atomic mass is 19.3. The Kier molecular flexibility index (Phi) is 3.16. The molecule has 1 aliphatic carbocycles. The number of alkyl halides is 2. The fourth-order valence-electron chi connectivity index (χ4n) is 2.12. The second-order valence-electron chi connectivity index (χ2n) is 4.74. The average Bonchev–Trinajstić information content (AvgIpc) is 2.62. The van der Waals surface area contributed by atoms with Crippen molar-refractivity contribution < 1.29 is 23.2 Å². The van der Waals surface area contributed by atoms with E-state index in [2.05, 4.69) is 0 Å². The van der Waals surface area contributed by atoms with Crippen LogP contribution >= 0.6 is 0 Å². The molecule has 0 N–H and O–H groups in total. The molecule has 2 fully saturated rings. The van der Waals surface area contributed by atoms with Crippen LogP contribution in [0.2, 0.25) is 0 Å². The number of nitrogens with zero attached hydrogens (tertiary/aromatic N) is 1. The van der Waals surface area contributed by atoms with Gasteiger partial charge in [-0.25, -0.2) is 8.78 Å². The number of ketones is 1. The molecule has 0 spiro atoms. The van der Waals surface area contributed by atoms with Crippen LogP contribution in [0.5, 0.6) is 0 Å². The summed E-state index contributed by atoms with van der Waals surface area (Å²) < 4.78 is 25.2. The number of hydroxylamine groups is 2. The molecule has 2 rings (SSSR count). The highest BCUT2D eigenvalue weighted by Crippen LogP contribution is 2.50. The standard InChI is InChI=1S/C11H15F2NO3/c1-7(15)9-3-2-4-14(9)17-10(16)5-8-6-11(8,12)13/h8-9H,2-6H2,1H3. The van der Waals surface area contributed by atoms with Crippen LogP contribution in [-0.4, -0.2) is 35.3 Å². The third kappa shape index (κ3) is 2.80. The molecular formula is C11H15F2NO3. The Hall–Kier alpha value is -1.04. The van der Waals surface area contributed by atoms with Crippen LogP contribution in [0.25, 0.3) is 0 Å². The lowest BCUT2D eigenvalue weighted by Crippen LogP contribution is -2.36. The van der Waals surface area contributed by atoms with Crippen molar-refractivity contribution in [2.24, 2.45) is 5.92 Å². The minimum Gasteiger partial charge on any atom is -0.367 e. The molecule has 1 aliphatic heterocycles. The van der Waals surface area contributed by atoms with Crippen molar-refractivity contribution in [1.82, 2.24) is 5.06 Å². The van der Waals surface area contributed by atoms with Gasteiger partial charge < -0.3 is 4.84 Å². The Bertz CT molecular complexity index is 346. The molecule has 1 saturated heterocycles. The SMILES string of the molecule is CC(=O)C1CCCN1OC(=O)CC1CC1(F)F. The zero-order valence-corrected chi connectivity index (χ0v) is 9.62. The molecule has 6 heteroatoms. The number of carbonyl (C=O) groups excluding carboxylic acids is 2. The van der Waals surface area contributed by atoms with Gasteiger partial charge >= 0.3 is 5.97 Å². The van der Waals surface area contributed by atoms with E-state index in [1.54, 1.807) is 0 Å². The number of Topliss-reactive ketones (excluding diaryl/α,β-unsaturated/α-hetero) is 1. The summed E-state index contributed by atoms with van der Waals surface area (Å²) >= 11 is 0. The largest absolute Gasteiger partial charge is 0.367 e. The zero-order valence-electron chi connectivity index (χ0n) is 9.62. The van der Waals surface area contributed by atoms with E-state index < -0.39 is 23.9 Å². The number of halogens is 2. The van der Waals surface area contributed by atoms with E-state index in [4.69, 9.17) is 4.84 Å². The Morgan fingerprint density at radius 2 is 2.12 bits per heavy atom. The van der Waals surface area contributed by atoms with E-state index in [1.165, 1.54) is 12.0 Å². The molecule has 17 heavy (non-hydrogen) atoms. The highest BCUT2D eigenvalue weighted by molar-refractivity contribution is 5.81. The van der Waals surface area contributed by atoms with Gasteiger partial charge in [-0.3, -0.25) is 9.59 Å². The molecule has 4 nitrogen and oxygen atoms in total. The van der Waals surface area contributed by atoms with Gasteiger partial charge in [0.2, 0.25) is 0 Å². The van der Waals surface area contributed by atoms with Crippen molar-refractivity contribution >= 4 is 11.8 Å².